The minimum absolute atomic E-state index is 0.0994. The second-order valence-electron chi connectivity index (χ2n) is 5.11. The van der Waals surface area contributed by atoms with Crippen LogP contribution < -0.4 is 5.32 Å². The highest BCUT2D eigenvalue weighted by Gasteiger charge is 2.19. The van der Waals surface area contributed by atoms with Gasteiger partial charge in [-0.05, 0) is 60.8 Å². The Labute approximate surface area is 148 Å². The summed E-state index contributed by atoms with van der Waals surface area (Å²) in [6.07, 6.45) is 0. The fraction of sp³-hybridized carbons (Fsp3) is 0.294. The predicted molar refractivity (Wildman–Crippen MR) is 98.3 cm³/mol. The molecule has 112 valence electrons. The van der Waals surface area contributed by atoms with Gasteiger partial charge in [-0.25, -0.2) is 0 Å². The summed E-state index contributed by atoms with van der Waals surface area (Å²) >= 11 is 13.5. The largest absolute Gasteiger partial charge is 0.306 e. The highest BCUT2D eigenvalue weighted by atomic mass is 79.9. The van der Waals surface area contributed by atoms with E-state index in [1.54, 1.807) is 0 Å². The van der Waals surface area contributed by atoms with E-state index in [1.807, 2.05) is 12.1 Å². The van der Waals surface area contributed by atoms with Crippen molar-refractivity contribution in [2.75, 3.05) is 6.54 Å². The highest BCUT2D eigenvalue weighted by molar-refractivity contribution is 9.10. The van der Waals surface area contributed by atoms with Gasteiger partial charge >= 0.3 is 0 Å². The Balaban J connectivity index is 2.55. The van der Waals surface area contributed by atoms with Crippen molar-refractivity contribution in [2.24, 2.45) is 0 Å². The normalized spacial score (nSPS) is 12.5. The summed E-state index contributed by atoms with van der Waals surface area (Å²) < 4.78 is 2.14. The average Bonchev–Trinajstić information content (AvgIpc) is 2.41. The molecule has 1 N–H and O–H groups in total. The molecule has 2 aromatic rings. The molecule has 2 aromatic carbocycles. The molecule has 0 aromatic heterocycles. The van der Waals surface area contributed by atoms with Crippen LogP contribution in [-0.4, -0.2) is 6.54 Å². The van der Waals surface area contributed by atoms with Gasteiger partial charge in [0.1, 0.15) is 0 Å². The van der Waals surface area contributed by atoms with Crippen molar-refractivity contribution in [3.05, 3.63) is 66.6 Å². The summed E-state index contributed by atoms with van der Waals surface area (Å²) in [4.78, 5) is 0. The first-order valence-corrected chi connectivity index (χ1v) is 8.85. The molecule has 0 saturated heterocycles. The molecule has 0 fully saturated rings. The summed E-state index contributed by atoms with van der Waals surface area (Å²) in [5.41, 5.74) is 4.84. The van der Waals surface area contributed by atoms with E-state index in [-0.39, 0.29) is 6.04 Å². The molecule has 0 aliphatic carbocycles. The van der Waals surface area contributed by atoms with Gasteiger partial charge in [-0.15, -0.1) is 0 Å². The van der Waals surface area contributed by atoms with Crippen LogP contribution in [0.25, 0.3) is 0 Å². The van der Waals surface area contributed by atoms with Crippen LogP contribution >= 0.6 is 43.5 Å². The van der Waals surface area contributed by atoms with Crippen LogP contribution in [0.4, 0.5) is 0 Å². The fourth-order valence-corrected chi connectivity index (χ4v) is 3.68. The van der Waals surface area contributed by atoms with Gasteiger partial charge in [-0.1, -0.05) is 62.5 Å². The van der Waals surface area contributed by atoms with Gasteiger partial charge in [0.05, 0.1) is 6.04 Å². The van der Waals surface area contributed by atoms with E-state index in [2.05, 4.69) is 76.1 Å². The van der Waals surface area contributed by atoms with Crippen molar-refractivity contribution < 1.29 is 0 Å². The molecule has 0 bridgehead atoms. The van der Waals surface area contributed by atoms with Crippen molar-refractivity contribution in [3.63, 3.8) is 0 Å². The number of hydrogen-bond acceptors (Lipinski definition) is 1. The van der Waals surface area contributed by atoms with Gasteiger partial charge < -0.3 is 5.32 Å². The van der Waals surface area contributed by atoms with Gasteiger partial charge in [0.2, 0.25) is 0 Å². The Hall–Kier alpha value is -0.350. The quantitative estimate of drug-likeness (QED) is 0.609. The summed E-state index contributed by atoms with van der Waals surface area (Å²) in [6.45, 7) is 7.24. The van der Waals surface area contributed by atoms with Crippen LogP contribution in [0, 0.1) is 13.8 Å². The predicted octanol–water partition coefficient (Wildman–Crippen LogP) is 6.18. The van der Waals surface area contributed by atoms with E-state index in [4.69, 9.17) is 11.6 Å². The Bertz CT molecular complexity index is 655. The number of benzene rings is 2. The fourth-order valence-electron chi connectivity index (χ4n) is 2.44. The van der Waals surface area contributed by atoms with Crippen LogP contribution in [0.1, 0.15) is 35.2 Å². The van der Waals surface area contributed by atoms with E-state index < -0.39 is 0 Å². The molecule has 2 rings (SSSR count). The van der Waals surface area contributed by atoms with E-state index in [0.717, 1.165) is 26.1 Å². The monoisotopic (exact) mass is 429 g/mol. The molecule has 0 saturated carbocycles. The van der Waals surface area contributed by atoms with Crippen LogP contribution in [0.5, 0.6) is 0 Å². The maximum atomic E-state index is 6.45. The van der Waals surface area contributed by atoms with E-state index in [9.17, 15) is 0 Å². The third kappa shape index (κ3) is 3.89. The van der Waals surface area contributed by atoms with Gasteiger partial charge in [-0.2, -0.15) is 0 Å². The van der Waals surface area contributed by atoms with Crippen molar-refractivity contribution in [3.8, 4) is 0 Å². The lowest BCUT2D eigenvalue weighted by Gasteiger charge is -2.23. The van der Waals surface area contributed by atoms with E-state index >= 15 is 0 Å². The molecule has 0 aliphatic heterocycles. The lowest BCUT2D eigenvalue weighted by Crippen LogP contribution is -2.23. The van der Waals surface area contributed by atoms with Gasteiger partial charge in [-0.3, -0.25) is 0 Å². The SMILES string of the molecule is CCNC(c1cc(C)c(Br)cc1C)c1ccc(Br)cc1Cl. The van der Waals surface area contributed by atoms with Crippen LogP contribution in [-0.2, 0) is 0 Å². The molecule has 21 heavy (non-hydrogen) atoms. The molecule has 0 aliphatic rings. The minimum Gasteiger partial charge on any atom is -0.306 e. The Morgan fingerprint density at radius 1 is 1.05 bits per heavy atom. The minimum atomic E-state index is 0.0994. The van der Waals surface area contributed by atoms with E-state index in [1.165, 1.54) is 16.7 Å². The smallest absolute Gasteiger partial charge is 0.0594 e. The molecular formula is C17H18Br2ClN. The summed E-state index contributed by atoms with van der Waals surface area (Å²) in [5.74, 6) is 0. The number of nitrogens with one attached hydrogen (secondary N) is 1. The lowest BCUT2D eigenvalue weighted by atomic mass is 9.93. The number of hydrogen-bond donors (Lipinski definition) is 1. The third-order valence-electron chi connectivity index (χ3n) is 3.54. The van der Waals surface area contributed by atoms with Crippen molar-refractivity contribution in [2.45, 2.75) is 26.8 Å². The Morgan fingerprint density at radius 2 is 1.76 bits per heavy atom. The molecule has 1 unspecified atom stereocenters. The van der Waals surface area contributed by atoms with E-state index in [0.29, 0.717) is 0 Å². The molecular weight excluding hydrogens is 413 g/mol. The zero-order chi connectivity index (χ0) is 15.6. The van der Waals surface area contributed by atoms with Gasteiger partial charge in [0, 0.05) is 14.0 Å². The Morgan fingerprint density at radius 3 is 2.38 bits per heavy atom. The van der Waals surface area contributed by atoms with Crippen molar-refractivity contribution in [1.29, 1.82) is 0 Å². The molecule has 0 heterocycles. The second-order valence-corrected chi connectivity index (χ2v) is 7.29. The highest BCUT2D eigenvalue weighted by Crippen LogP contribution is 2.34. The maximum Gasteiger partial charge on any atom is 0.0594 e. The van der Waals surface area contributed by atoms with Crippen LogP contribution in [0.15, 0.2) is 39.3 Å². The standard InChI is InChI=1S/C17H18Br2ClN/c1-4-21-17(13-6-5-12(18)9-16(13)20)14-7-11(3)15(19)8-10(14)2/h5-9,17,21H,4H2,1-3H3. The molecule has 0 amide bonds. The average molecular weight is 432 g/mol. The summed E-state index contributed by atoms with van der Waals surface area (Å²) in [5, 5.41) is 4.32. The molecule has 0 spiro atoms. The Kier molecular flexibility index (Phi) is 5.89. The van der Waals surface area contributed by atoms with Crippen LogP contribution in [0.3, 0.4) is 0 Å². The number of rotatable bonds is 4. The maximum absolute atomic E-state index is 6.45. The van der Waals surface area contributed by atoms with Crippen molar-refractivity contribution >= 4 is 43.5 Å². The summed E-state index contributed by atoms with van der Waals surface area (Å²) in [6, 6.07) is 10.6. The zero-order valence-corrected chi connectivity index (χ0v) is 16.2. The summed E-state index contributed by atoms with van der Waals surface area (Å²) in [7, 11) is 0. The second kappa shape index (κ2) is 7.28. The topological polar surface area (TPSA) is 12.0 Å². The first-order valence-electron chi connectivity index (χ1n) is 6.89. The zero-order valence-electron chi connectivity index (χ0n) is 12.3. The molecule has 4 heteroatoms. The molecule has 1 nitrogen and oxygen atoms in total. The number of halogens is 3. The lowest BCUT2D eigenvalue weighted by molar-refractivity contribution is 0.627. The van der Waals surface area contributed by atoms with Crippen LogP contribution in [0.2, 0.25) is 5.02 Å². The molecule has 1 atom stereocenters. The number of aryl methyl sites for hydroxylation is 2. The first kappa shape index (κ1) is 17.0. The first-order chi connectivity index (χ1) is 9.93. The van der Waals surface area contributed by atoms with Crippen molar-refractivity contribution in [1.82, 2.24) is 5.32 Å². The van der Waals surface area contributed by atoms with Gasteiger partial charge in [0.15, 0.2) is 0 Å². The van der Waals surface area contributed by atoms with Gasteiger partial charge in [0.25, 0.3) is 0 Å². The third-order valence-corrected chi connectivity index (χ3v) is 5.21. The molecule has 0 radical (unpaired) electrons.